The average Bonchev–Trinajstić information content (AvgIpc) is 2.84. The van der Waals surface area contributed by atoms with Crippen molar-refractivity contribution < 1.29 is 4.42 Å². The number of nitrogens with one attached hydrogen (secondary N) is 1. The summed E-state index contributed by atoms with van der Waals surface area (Å²) in [5.41, 5.74) is 1.11. The van der Waals surface area contributed by atoms with Crippen LogP contribution < -0.4 is 5.32 Å². The summed E-state index contributed by atoms with van der Waals surface area (Å²) in [7, 11) is 1.93. The van der Waals surface area contributed by atoms with Gasteiger partial charge in [-0.2, -0.15) is 0 Å². The van der Waals surface area contributed by atoms with Gasteiger partial charge in [-0.25, -0.2) is 4.98 Å². The van der Waals surface area contributed by atoms with Gasteiger partial charge in [0.25, 0.3) is 0 Å². The topological polar surface area (TPSA) is 38.1 Å². The van der Waals surface area contributed by atoms with Gasteiger partial charge in [0.05, 0.1) is 16.7 Å². The first-order valence-corrected chi connectivity index (χ1v) is 6.70. The molecule has 0 fully saturated rings. The van der Waals surface area contributed by atoms with Gasteiger partial charge in [-0.15, -0.1) is 11.3 Å². The molecule has 1 N–H and O–H groups in total. The highest BCUT2D eigenvalue weighted by atomic mass is 79.9. The maximum Gasteiger partial charge on any atom is 0.169 e. The van der Waals surface area contributed by atoms with Crippen LogP contribution in [0.3, 0.4) is 0 Å². The Kier molecular flexibility index (Phi) is 3.78. The van der Waals surface area contributed by atoms with E-state index in [9.17, 15) is 0 Å². The number of hydrogen-bond acceptors (Lipinski definition) is 4. The van der Waals surface area contributed by atoms with Gasteiger partial charge in [-0.3, -0.25) is 0 Å². The van der Waals surface area contributed by atoms with Crippen molar-refractivity contribution in [2.24, 2.45) is 0 Å². The van der Waals surface area contributed by atoms with Crippen LogP contribution in [-0.2, 0) is 6.42 Å². The highest BCUT2D eigenvalue weighted by Crippen LogP contribution is 2.23. The molecule has 1 atom stereocenters. The second kappa shape index (κ2) is 5.12. The normalized spacial score (nSPS) is 12.9. The first-order valence-electron chi connectivity index (χ1n) is 5.02. The number of aryl methyl sites for hydroxylation is 1. The number of hydrogen-bond donors (Lipinski definition) is 1. The number of nitrogens with zero attached hydrogens (tertiary/aromatic N) is 1. The standard InChI is InChI=1S/C11H13BrN2OS/c1-7-14-8(6-16-7)5-9(13-2)10-3-4-11(12)15-10/h3-4,6,9,13H,5H2,1-2H3. The number of furan rings is 1. The smallest absolute Gasteiger partial charge is 0.169 e. The molecule has 5 heteroatoms. The number of likely N-dealkylation sites (N-methyl/N-ethyl adjacent to an activating group) is 1. The molecule has 0 radical (unpaired) electrons. The molecule has 2 heterocycles. The molecule has 2 rings (SSSR count). The molecular formula is C11H13BrN2OS. The van der Waals surface area contributed by atoms with Crippen LogP contribution in [0.2, 0.25) is 0 Å². The van der Waals surface area contributed by atoms with Gasteiger partial charge in [0.1, 0.15) is 5.76 Å². The van der Waals surface area contributed by atoms with Crippen molar-refractivity contribution >= 4 is 27.3 Å². The van der Waals surface area contributed by atoms with Crippen LogP contribution in [0.4, 0.5) is 0 Å². The molecule has 0 aromatic carbocycles. The van der Waals surface area contributed by atoms with Crippen LogP contribution in [-0.4, -0.2) is 12.0 Å². The largest absolute Gasteiger partial charge is 0.453 e. The fourth-order valence-corrected chi connectivity index (χ4v) is 2.52. The Morgan fingerprint density at radius 2 is 2.38 bits per heavy atom. The molecule has 0 aliphatic rings. The molecule has 3 nitrogen and oxygen atoms in total. The highest BCUT2D eigenvalue weighted by Gasteiger charge is 2.15. The number of aromatic nitrogens is 1. The Labute approximate surface area is 107 Å². The summed E-state index contributed by atoms with van der Waals surface area (Å²) < 4.78 is 6.31. The summed E-state index contributed by atoms with van der Waals surface area (Å²) in [5, 5.41) is 6.44. The lowest BCUT2D eigenvalue weighted by Gasteiger charge is -2.11. The summed E-state index contributed by atoms with van der Waals surface area (Å²) in [5.74, 6) is 0.931. The van der Waals surface area contributed by atoms with E-state index in [0.29, 0.717) is 0 Å². The molecule has 0 bridgehead atoms. The van der Waals surface area contributed by atoms with Crippen LogP contribution in [0.5, 0.6) is 0 Å². The van der Waals surface area contributed by atoms with Crippen LogP contribution in [0, 0.1) is 6.92 Å². The van der Waals surface area contributed by atoms with Crippen molar-refractivity contribution in [1.29, 1.82) is 0 Å². The molecule has 0 aliphatic heterocycles. The fourth-order valence-electron chi connectivity index (χ4n) is 1.57. The lowest BCUT2D eigenvalue weighted by Crippen LogP contribution is -2.18. The molecule has 0 amide bonds. The van der Waals surface area contributed by atoms with Gasteiger partial charge in [-0.05, 0) is 42.0 Å². The Bertz CT molecular complexity index is 466. The maximum absolute atomic E-state index is 5.55. The van der Waals surface area contributed by atoms with Crippen molar-refractivity contribution in [3.63, 3.8) is 0 Å². The van der Waals surface area contributed by atoms with E-state index in [0.717, 1.165) is 27.6 Å². The number of thiazole rings is 1. The first-order chi connectivity index (χ1) is 7.69. The minimum Gasteiger partial charge on any atom is -0.453 e. The van der Waals surface area contributed by atoms with Gasteiger partial charge in [0, 0.05) is 11.8 Å². The van der Waals surface area contributed by atoms with E-state index in [1.54, 1.807) is 11.3 Å². The molecule has 0 saturated carbocycles. The fraction of sp³-hybridized carbons (Fsp3) is 0.364. The summed E-state index contributed by atoms with van der Waals surface area (Å²) in [6.45, 7) is 2.02. The quantitative estimate of drug-likeness (QED) is 0.941. The molecule has 86 valence electrons. The Morgan fingerprint density at radius 3 is 2.88 bits per heavy atom. The van der Waals surface area contributed by atoms with Crippen molar-refractivity contribution in [3.8, 4) is 0 Å². The average molecular weight is 301 g/mol. The minimum atomic E-state index is 0.174. The Morgan fingerprint density at radius 1 is 1.56 bits per heavy atom. The molecule has 2 aromatic heterocycles. The minimum absolute atomic E-state index is 0.174. The van der Waals surface area contributed by atoms with Crippen LogP contribution in [0.1, 0.15) is 22.5 Å². The highest BCUT2D eigenvalue weighted by molar-refractivity contribution is 9.10. The molecule has 1 unspecified atom stereocenters. The first kappa shape index (κ1) is 11.8. The van der Waals surface area contributed by atoms with E-state index in [2.05, 4.69) is 31.6 Å². The molecule has 0 aliphatic carbocycles. The molecule has 0 spiro atoms. The zero-order chi connectivity index (χ0) is 11.5. The van der Waals surface area contributed by atoms with Gasteiger partial charge < -0.3 is 9.73 Å². The van der Waals surface area contributed by atoms with E-state index in [4.69, 9.17) is 4.42 Å². The van der Waals surface area contributed by atoms with E-state index < -0.39 is 0 Å². The SMILES string of the molecule is CNC(Cc1csc(C)n1)c1ccc(Br)o1. The monoisotopic (exact) mass is 300 g/mol. The predicted octanol–water partition coefficient (Wildman–Crippen LogP) is 3.31. The third-order valence-electron chi connectivity index (χ3n) is 2.37. The molecule has 2 aromatic rings. The third-order valence-corrected chi connectivity index (χ3v) is 3.61. The van der Waals surface area contributed by atoms with Gasteiger partial charge in [0.2, 0.25) is 0 Å². The zero-order valence-electron chi connectivity index (χ0n) is 9.16. The summed E-state index contributed by atoms with van der Waals surface area (Å²) >= 11 is 4.99. The van der Waals surface area contributed by atoms with E-state index >= 15 is 0 Å². The molecule has 0 saturated heterocycles. The third kappa shape index (κ3) is 2.72. The van der Waals surface area contributed by atoms with Gasteiger partial charge in [0.15, 0.2) is 4.67 Å². The second-order valence-corrected chi connectivity index (χ2v) is 5.39. The second-order valence-electron chi connectivity index (χ2n) is 3.55. The molecular weight excluding hydrogens is 288 g/mol. The summed E-state index contributed by atoms with van der Waals surface area (Å²) in [6, 6.07) is 4.06. The summed E-state index contributed by atoms with van der Waals surface area (Å²) in [6.07, 6.45) is 0.848. The maximum atomic E-state index is 5.55. The van der Waals surface area contributed by atoms with Gasteiger partial charge >= 0.3 is 0 Å². The number of halogens is 1. The van der Waals surface area contributed by atoms with E-state index in [-0.39, 0.29) is 6.04 Å². The van der Waals surface area contributed by atoms with Crippen molar-refractivity contribution in [3.05, 3.63) is 38.6 Å². The Balaban J connectivity index is 2.12. The molecule has 16 heavy (non-hydrogen) atoms. The zero-order valence-corrected chi connectivity index (χ0v) is 11.6. The van der Waals surface area contributed by atoms with Crippen molar-refractivity contribution in [2.45, 2.75) is 19.4 Å². The van der Waals surface area contributed by atoms with Crippen LogP contribution >= 0.6 is 27.3 Å². The number of rotatable bonds is 4. The van der Waals surface area contributed by atoms with Crippen LogP contribution in [0.25, 0.3) is 0 Å². The van der Waals surface area contributed by atoms with Gasteiger partial charge in [-0.1, -0.05) is 0 Å². The predicted molar refractivity (Wildman–Crippen MR) is 68.8 cm³/mol. The van der Waals surface area contributed by atoms with Crippen LogP contribution in [0.15, 0.2) is 26.6 Å². The van der Waals surface area contributed by atoms with E-state index in [1.165, 1.54) is 0 Å². The summed E-state index contributed by atoms with van der Waals surface area (Å²) in [4.78, 5) is 4.46. The van der Waals surface area contributed by atoms with E-state index in [1.807, 2.05) is 26.1 Å². The van der Waals surface area contributed by atoms with Crippen molar-refractivity contribution in [2.75, 3.05) is 7.05 Å². The lowest BCUT2D eigenvalue weighted by molar-refractivity contribution is 0.415. The van der Waals surface area contributed by atoms with Crippen molar-refractivity contribution in [1.82, 2.24) is 10.3 Å². The Hall–Kier alpha value is -0.650. The lowest BCUT2D eigenvalue weighted by atomic mass is 10.1.